The number of benzene rings is 1. The third kappa shape index (κ3) is 2.35. The lowest BCUT2D eigenvalue weighted by molar-refractivity contribution is 0.0700. The van der Waals surface area contributed by atoms with Crippen LogP contribution in [-0.2, 0) is 13.0 Å². The molecule has 0 radical (unpaired) electrons. The first-order valence-electron chi connectivity index (χ1n) is 7.81. The first-order valence-corrected chi connectivity index (χ1v) is 7.81. The van der Waals surface area contributed by atoms with Crippen molar-refractivity contribution in [2.45, 2.75) is 45.7 Å². The first kappa shape index (κ1) is 13.6. The summed E-state index contributed by atoms with van der Waals surface area (Å²) in [6, 6.07) is 6.60. The number of hydrogen-bond donors (Lipinski definition) is 1. The summed E-state index contributed by atoms with van der Waals surface area (Å²) in [6.45, 7) is 7.24. The molecule has 3 nitrogen and oxygen atoms in total. The topological polar surface area (TPSA) is 32.3 Å². The van der Waals surface area contributed by atoms with Gasteiger partial charge in [0.1, 0.15) is 0 Å². The highest BCUT2D eigenvalue weighted by Crippen LogP contribution is 2.28. The molecule has 1 aromatic carbocycles. The van der Waals surface area contributed by atoms with Gasteiger partial charge in [-0.25, -0.2) is 0 Å². The van der Waals surface area contributed by atoms with Gasteiger partial charge in [0.25, 0.3) is 5.91 Å². The summed E-state index contributed by atoms with van der Waals surface area (Å²) in [7, 11) is 0. The summed E-state index contributed by atoms with van der Waals surface area (Å²) >= 11 is 0. The van der Waals surface area contributed by atoms with Gasteiger partial charge in [-0.3, -0.25) is 4.79 Å². The molecule has 0 spiro atoms. The van der Waals surface area contributed by atoms with Crippen LogP contribution in [0.15, 0.2) is 18.2 Å². The van der Waals surface area contributed by atoms with Crippen LogP contribution in [0, 0.1) is 5.92 Å². The van der Waals surface area contributed by atoms with Crippen molar-refractivity contribution in [2.75, 3.05) is 13.1 Å². The summed E-state index contributed by atoms with van der Waals surface area (Å²) in [4.78, 5) is 15.1. The van der Waals surface area contributed by atoms with Crippen molar-refractivity contribution in [3.05, 3.63) is 34.9 Å². The van der Waals surface area contributed by atoms with Gasteiger partial charge in [0.15, 0.2) is 0 Å². The van der Waals surface area contributed by atoms with Gasteiger partial charge in [-0.1, -0.05) is 26.0 Å². The van der Waals surface area contributed by atoms with Gasteiger partial charge in [-0.2, -0.15) is 0 Å². The molecular weight excluding hydrogens is 248 g/mol. The molecule has 1 fully saturated rings. The molecule has 108 valence electrons. The molecule has 1 amide bonds. The van der Waals surface area contributed by atoms with Crippen molar-refractivity contribution in [1.82, 2.24) is 10.2 Å². The average Bonchev–Trinajstić information content (AvgIpc) is 2.95. The minimum absolute atomic E-state index is 0.250. The van der Waals surface area contributed by atoms with E-state index in [2.05, 4.69) is 30.1 Å². The Morgan fingerprint density at radius 1 is 1.40 bits per heavy atom. The highest BCUT2D eigenvalue weighted by Gasteiger charge is 2.32. The summed E-state index contributed by atoms with van der Waals surface area (Å²) in [5.74, 6) is 0.794. The van der Waals surface area contributed by atoms with Crippen LogP contribution in [0.3, 0.4) is 0 Å². The van der Waals surface area contributed by atoms with Crippen LogP contribution in [-0.4, -0.2) is 29.9 Å². The van der Waals surface area contributed by atoms with Gasteiger partial charge in [0.2, 0.25) is 0 Å². The van der Waals surface area contributed by atoms with Crippen LogP contribution in [0.4, 0.5) is 0 Å². The fraction of sp³-hybridized carbons (Fsp3) is 0.588. The molecule has 2 aliphatic rings. The van der Waals surface area contributed by atoms with E-state index in [0.717, 1.165) is 44.5 Å². The predicted molar refractivity (Wildman–Crippen MR) is 80.7 cm³/mol. The van der Waals surface area contributed by atoms with E-state index in [9.17, 15) is 4.79 Å². The molecule has 2 heterocycles. The molecule has 3 rings (SSSR count). The maximum atomic E-state index is 12.9. The third-order valence-corrected chi connectivity index (χ3v) is 4.70. The fourth-order valence-electron chi connectivity index (χ4n) is 3.62. The van der Waals surface area contributed by atoms with Crippen LogP contribution in [0.1, 0.15) is 48.2 Å². The number of nitrogens with zero attached hydrogens (tertiary/aromatic N) is 1. The summed E-state index contributed by atoms with van der Waals surface area (Å²) in [5.41, 5.74) is 3.50. The monoisotopic (exact) mass is 272 g/mol. The number of hydrogen-bond acceptors (Lipinski definition) is 2. The molecule has 1 saturated heterocycles. The smallest absolute Gasteiger partial charge is 0.254 e. The van der Waals surface area contributed by atoms with Crippen LogP contribution in [0.25, 0.3) is 0 Å². The van der Waals surface area contributed by atoms with Crippen molar-refractivity contribution in [1.29, 1.82) is 0 Å². The standard InChI is InChI=1S/C17H24N2O/c1-12(2)16-7-4-10-19(16)17(20)15-6-3-5-13-11-18-9-8-14(13)15/h3,5-6,12,16,18H,4,7-11H2,1-2H3. The van der Waals surface area contributed by atoms with Crippen LogP contribution >= 0.6 is 0 Å². The molecule has 0 saturated carbocycles. The number of fused-ring (bicyclic) bond motifs is 1. The van der Waals surface area contributed by atoms with E-state index in [1.54, 1.807) is 0 Å². The van der Waals surface area contributed by atoms with Crippen LogP contribution in [0.2, 0.25) is 0 Å². The van der Waals surface area contributed by atoms with E-state index < -0.39 is 0 Å². The molecule has 0 bridgehead atoms. The van der Waals surface area contributed by atoms with Gasteiger partial charge >= 0.3 is 0 Å². The number of amides is 1. The molecule has 0 aromatic heterocycles. The number of carbonyl (C=O) groups excluding carboxylic acids is 1. The Bertz CT molecular complexity index is 510. The van der Waals surface area contributed by atoms with Gasteiger partial charge < -0.3 is 10.2 Å². The zero-order valence-corrected chi connectivity index (χ0v) is 12.5. The predicted octanol–water partition coefficient (Wildman–Crippen LogP) is 2.59. The Morgan fingerprint density at radius 3 is 3.05 bits per heavy atom. The fourth-order valence-corrected chi connectivity index (χ4v) is 3.62. The first-order chi connectivity index (χ1) is 9.68. The number of carbonyl (C=O) groups is 1. The minimum atomic E-state index is 0.250. The van der Waals surface area contributed by atoms with Crippen molar-refractivity contribution >= 4 is 5.91 Å². The van der Waals surface area contributed by atoms with E-state index in [4.69, 9.17) is 0 Å². The Kier molecular flexibility index (Phi) is 3.79. The maximum Gasteiger partial charge on any atom is 0.254 e. The quantitative estimate of drug-likeness (QED) is 0.897. The lowest BCUT2D eigenvalue weighted by Crippen LogP contribution is -2.39. The lowest BCUT2D eigenvalue weighted by Gasteiger charge is -2.29. The van der Waals surface area contributed by atoms with Crippen molar-refractivity contribution < 1.29 is 4.79 Å². The average molecular weight is 272 g/mol. The summed E-state index contributed by atoms with van der Waals surface area (Å²) < 4.78 is 0. The molecule has 1 aromatic rings. The van der Waals surface area contributed by atoms with Crippen LogP contribution in [0.5, 0.6) is 0 Å². The number of likely N-dealkylation sites (tertiary alicyclic amines) is 1. The van der Waals surface area contributed by atoms with Gasteiger partial charge in [0, 0.05) is 24.7 Å². The minimum Gasteiger partial charge on any atom is -0.335 e. The van der Waals surface area contributed by atoms with Crippen molar-refractivity contribution in [3.8, 4) is 0 Å². The molecule has 1 unspecified atom stereocenters. The highest BCUT2D eigenvalue weighted by molar-refractivity contribution is 5.96. The Balaban J connectivity index is 1.91. The maximum absolute atomic E-state index is 12.9. The Morgan fingerprint density at radius 2 is 2.25 bits per heavy atom. The molecule has 0 aliphatic carbocycles. The Labute approximate surface area is 121 Å². The number of rotatable bonds is 2. The second kappa shape index (κ2) is 5.57. The van der Waals surface area contributed by atoms with E-state index in [1.165, 1.54) is 11.1 Å². The second-order valence-corrected chi connectivity index (χ2v) is 6.32. The van der Waals surface area contributed by atoms with Gasteiger partial charge in [0.05, 0.1) is 0 Å². The van der Waals surface area contributed by atoms with Gasteiger partial charge in [-0.05, 0) is 48.9 Å². The zero-order chi connectivity index (χ0) is 14.1. The summed E-state index contributed by atoms with van der Waals surface area (Å²) in [6.07, 6.45) is 3.27. The largest absolute Gasteiger partial charge is 0.335 e. The molecular formula is C17H24N2O. The normalized spacial score (nSPS) is 22.1. The van der Waals surface area contributed by atoms with E-state index in [0.29, 0.717) is 12.0 Å². The van der Waals surface area contributed by atoms with Crippen molar-refractivity contribution in [3.63, 3.8) is 0 Å². The van der Waals surface area contributed by atoms with E-state index in [-0.39, 0.29) is 5.91 Å². The second-order valence-electron chi connectivity index (χ2n) is 6.32. The molecule has 1 atom stereocenters. The Hall–Kier alpha value is -1.35. The van der Waals surface area contributed by atoms with Crippen molar-refractivity contribution in [2.24, 2.45) is 5.92 Å². The third-order valence-electron chi connectivity index (χ3n) is 4.70. The van der Waals surface area contributed by atoms with Gasteiger partial charge in [-0.15, -0.1) is 0 Å². The zero-order valence-electron chi connectivity index (χ0n) is 12.5. The van der Waals surface area contributed by atoms with E-state index >= 15 is 0 Å². The molecule has 1 N–H and O–H groups in total. The van der Waals surface area contributed by atoms with E-state index in [1.807, 2.05) is 12.1 Å². The van der Waals surface area contributed by atoms with Crippen LogP contribution < -0.4 is 5.32 Å². The molecule has 2 aliphatic heterocycles. The summed E-state index contributed by atoms with van der Waals surface area (Å²) in [5, 5.41) is 3.38. The molecule has 20 heavy (non-hydrogen) atoms. The lowest BCUT2D eigenvalue weighted by atomic mass is 9.94. The molecule has 3 heteroatoms. The highest BCUT2D eigenvalue weighted by atomic mass is 16.2. The number of nitrogens with one attached hydrogen (secondary N) is 1. The SMILES string of the molecule is CC(C)C1CCCN1C(=O)c1cccc2c1CCNC2.